The van der Waals surface area contributed by atoms with Crippen molar-refractivity contribution in [2.75, 3.05) is 6.54 Å². The average Bonchev–Trinajstić information content (AvgIpc) is 2.88. The maximum absolute atomic E-state index is 5.75. The van der Waals surface area contributed by atoms with Crippen LogP contribution in [0.1, 0.15) is 17.0 Å². The molecular formula is C16H22IN5. The third-order valence-electron chi connectivity index (χ3n) is 3.13. The van der Waals surface area contributed by atoms with Crippen LogP contribution in [0.2, 0.25) is 0 Å². The molecule has 3 N–H and O–H groups in total. The first-order valence-electron chi connectivity index (χ1n) is 6.89. The van der Waals surface area contributed by atoms with Crippen molar-refractivity contribution in [3.05, 3.63) is 66.3 Å². The minimum atomic E-state index is 0. The Morgan fingerprint density at radius 2 is 2.23 bits per heavy atom. The number of nitrogens with one attached hydrogen (secondary N) is 1. The van der Waals surface area contributed by atoms with Crippen LogP contribution >= 0.6 is 24.0 Å². The Kier molecular flexibility index (Phi) is 7.65. The van der Waals surface area contributed by atoms with E-state index in [1.54, 1.807) is 6.08 Å². The minimum absolute atomic E-state index is 0. The van der Waals surface area contributed by atoms with Crippen molar-refractivity contribution in [2.24, 2.45) is 10.7 Å². The zero-order valence-corrected chi connectivity index (χ0v) is 15.0. The molecule has 0 aliphatic rings. The minimum Gasteiger partial charge on any atom is -0.370 e. The van der Waals surface area contributed by atoms with Crippen molar-refractivity contribution in [2.45, 2.75) is 20.0 Å². The van der Waals surface area contributed by atoms with E-state index in [4.69, 9.17) is 5.73 Å². The number of nitrogens with zero attached hydrogens (tertiary/aromatic N) is 3. The van der Waals surface area contributed by atoms with Gasteiger partial charge in [0.1, 0.15) is 5.82 Å². The molecule has 0 aliphatic carbocycles. The monoisotopic (exact) mass is 411 g/mol. The molecule has 0 unspecified atom stereocenters. The van der Waals surface area contributed by atoms with Gasteiger partial charge in [-0.2, -0.15) is 0 Å². The normalized spacial score (nSPS) is 10.9. The SMILES string of the molecule is C=CCNC(N)=NCc1cccc(Cn2ccnc2C)c1.I. The van der Waals surface area contributed by atoms with Gasteiger partial charge in [0, 0.05) is 25.5 Å². The van der Waals surface area contributed by atoms with Gasteiger partial charge < -0.3 is 15.6 Å². The first-order valence-corrected chi connectivity index (χ1v) is 6.89. The van der Waals surface area contributed by atoms with E-state index in [1.807, 2.05) is 25.4 Å². The van der Waals surface area contributed by atoms with E-state index in [9.17, 15) is 0 Å². The Balaban J connectivity index is 0.00000242. The van der Waals surface area contributed by atoms with Gasteiger partial charge in [0.2, 0.25) is 0 Å². The lowest BCUT2D eigenvalue weighted by atomic mass is 10.1. The summed E-state index contributed by atoms with van der Waals surface area (Å²) in [7, 11) is 0. The van der Waals surface area contributed by atoms with Gasteiger partial charge in [-0.3, -0.25) is 0 Å². The molecule has 118 valence electrons. The van der Waals surface area contributed by atoms with Gasteiger partial charge in [-0.25, -0.2) is 9.98 Å². The summed E-state index contributed by atoms with van der Waals surface area (Å²) >= 11 is 0. The molecule has 2 aromatic rings. The second kappa shape index (κ2) is 9.24. The molecule has 1 aromatic carbocycles. The number of hydrogen-bond donors (Lipinski definition) is 2. The Morgan fingerprint density at radius 3 is 2.91 bits per heavy atom. The molecule has 0 amide bonds. The van der Waals surface area contributed by atoms with Gasteiger partial charge in [-0.15, -0.1) is 30.6 Å². The maximum atomic E-state index is 5.75. The quantitative estimate of drug-likeness (QED) is 0.332. The summed E-state index contributed by atoms with van der Waals surface area (Å²) < 4.78 is 2.11. The number of halogens is 1. The molecule has 0 radical (unpaired) electrons. The largest absolute Gasteiger partial charge is 0.370 e. The molecule has 5 nitrogen and oxygen atoms in total. The smallest absolute Gasteiger partial charge is 0.189 e. The van der Waals surface area contributed by atoms with Gasteiger partial charge in [0.15, 0.2) is 5.96 Å². The standard InChI is InChI=1S/C16H21N5.HI/c1-3-7-19-16(17)20-11-14-5-4-6-15(10-14)12-21-9-8-18-13(21)2;/h3-6,8-10H,1,7,11-12H2,2H3,(H3,17,19,20);1H. The van der Waals surface area contributed by atoms with E-state index < -0.39 is 0 Å². The van der Waals surface area contributed by atoms with E-state index in [0.717, 1.165) is 17.9 Å². The molecule has 0 fully saturated rings. The van der Waals surface area contributed by atoms with Crippen LogP contribution in [-0.4, -0.2) is 22.1 Å². The highest BCUT2D eigenvalue weighted by Gasteiger charge is 2.00. The van der Waals surface area contributed by atoms with Crippen LogP contribution in [0.4, 0.5) is 0 Å². The highest BCUT2D eigenvalue weighted by atomic mass is 127. The highest BCUT2D eigenvalue weighted by Crippen LogP contribution is 2.09. The molecule has 0 bridgehead atoms. The molecule has 0 saturated carbocycles. The summed E-state index contributed by atoms with van der Waals surface area (Å²) in [5.74, 6) is 1.45. The lowest BCUT2D eigenvalue weighted by Gasteiger charge is -2.07. The van der Waals surface area contributed by atoms with Crippen molar-refractivity contribution < 1.29 is 0 Å². The Bertz CT molecular complexity index is 633. The summed E-state index contributed by atoms with van der Waals surface area (Å²) in [6.45, 7) is 7.62. The molecular weight excluding hydrogens is 389 g/mol. The van der Waals surface area contributed by atoms with E-state index in [0.29, 0.717) is 19.0 Å². The molecule has 0 saturated heterocycles. The molecule has 22 heavy (non-hydrogen) atoms. The van der Waals surface area contributed by atoms with Crippen molar-refractivity contribution in [1.82, 2.24) is 14.9 Å². The first kappa shape index (κ1) is 18.2. The summed E-state index contributed by atoms with van der Waals surface area (Å²) in [6.07, 6.45) is 5.54. The van der Waals surface area contributed by atoms with Crippen molar-refractivity contribution >= 4 is 29.9 Å². The van der Waals surface area contributed by atoms with Crippen molar-refractivity contribution in [3.63, 3.8) is 0 Å². The van der Waals surface area contributed by atoms with E-state index in [-0.39, 0.29) is 24.0 Å². The summed E-state index contributed by atoms with van der Waals surface area (Å²) in [6, 6.07) is 8.34. The number of guanidine groups is 1. The fourth-order valence-corrected chi connectivity index (χ4v) is 2.00. The molecule has 2 rings (SSSR count). The van der Waals surface area contributed by atoms with E-state index in [2.05, 4.69) is 44.6 Å². The van der Waals surface area contributed by atoms with Gasteiger partial charge in [0.25, 0.3) is 0 Å². The highest BCUT2D eigenvalue weighted by molar-refractivity contribution is 14.0. The van der Waals surface area contributed by atoms with Crippen LogP contribution in [0.15, 0.2) is 54.3 Å². The Hall–Kier alpha value is -1.83. The predicted octanol–water partition coefficient (Wildman–Crippen LogP) is 2.45. The van der Waals surface area contributed by atoms with Crippen LogP contribution in [0.5, 0.6) is 0 Å². The number of benzene rings is 1. The molecule has 1 heterocycles. The lowest BCUT2D eigenvalue weighted by Crippen LogP contribution is -2.31. The number of rotatable bonds is 6. The van der Waals surface area contributed by atoms with Crippen LogP contribution in [-0.2, 0) is 13.1 Å². The van der Waals surface area contributed by atoms with E-state index in [1.165, 1.54) is 5.56 Å². The summed E-state index contributed by atoms with van der Waals surface area (Å²) in [5, 5.41) is 2.96. The number of aryl methyl sites for hydroxylation is 1. The number of aliphatic imine (C=N–C) groups is 1. The molecule has 0 atom stereocenters. The Labute approximate surface area is 148 Å². The molecule has 0 aliphatic heterocycles. The fourth-order valence-electron chi connectivity index (χ4n) is 2.00. The maximum Gasteiger partial charge on any atom is 0.189 e. The second-order valence-electron chi connectivity index (χ2n) is 4.79. The number of nitrogens with two attached hydrogens (primary N) is 1. The second-order valence-corrected chi connectivity index (χ2v) is 4.79. The zero-order valence-electron chi connectivity index (χ0n) is 12.7. The van der Waals surface area contributed by atoms with Gasteiger partial charge in [-0.1, -0.05) is 30.3 Å². The van der Waals surface area contributed by atoms with E-state index >= 15 is 0 Å². The van der Waals surface area contributed by atoms with Gasteiger partial charge in [0.05, 0.1) is 6.54 Å². The third kappa shape index (κ3) is 5.51. The average molecular weight is 411 g/mol. The third-order valence-corrected chi connectivity index (χ3v) is 3.13. The Morgan fingerprint density at radius 1 is 1.45 bits per heavy atom. The summed E-state index contributed by atoms with van der Waals surface area (Å²) in [5.41, 5.74) is 8.11. The fraction of sp³-hybridized carbons (Fsp3) is 0.250. The predicted molar refractivity (Wildman–Crippen MR) is 101 cm³/mol. The molecule has 1 aromatic heterocycles. The topological polar surface area (TPSA) is 68.2 Å². The summed E-state index contributed by atoms with van der Waals surface area (Å²) in [4.78, 5) is 8.54. The zero-order chi connectivity index (χ0) is 15.1. The van der Waals surface area contributed by atoms with Crippen molar-refractivity contribution in [1.29, 1.82) is 0 Å². The number of imidazole rings is 1. The van der Waals surface area contributed by atoms with Gasteiger partial charge in [-0.05, 0) is 18.1 Å². The van der Waals surface area contributed by atoms with Crippen molar-refractivity contribution in [3.8, 4) is 0 Å². The van der Waals surface area contributed by atoms with Crippen LogP contribution in [0.3, 0.4) is 0 Å². The first-order chi connectivity index (χ1) is 10.2. The lowest BCUT2D eigenvalue weighted by molar-refractivity contribution is 0.760. The number of hydrogen-bond acceptors (Lipinski definition) is 2. The van der Waals surface area contributed by atoms with Crippen LogP contribution < -0.4 is 11.1 Å². The van der Waals surface area contributed by atoms with Gasteiger partial charge >= 0.3 is 0 Å². The number of aromatic nitrogens is 2. The molecule has 0 spiro atoms. The van der Waals surface area contributed by atoms with Crippen LogP contribution in [0, 0.1) is 6.92 Å². The van der Waals surface area contributed by atoms with Crippen LogP contribution in [0.25, 0.3) is 0 Å². The molecule has 6 heteroatoms.